The van der Waals surface area contributed by atoms with Gasteiger partial charge in [0, 0.05) is 12.8 Å². The monoisotopic (exact) mass is 381 g/mol. The molecule has 3 aromatic rings. The van der Waals surface area contributed by atoms with Crippen LogP contribution >= 0.6 is 11.6 Å². The zero-order valence-electron chi connectivity index (χ0n) is 13.1. The maximum absolute atomic E-state index is 13.5. The van der Waals surface area contributed by atoms with E-state index < -0.39 is 29.0 Å². The molecule has 1 heterocycles. The highest BCUT2D eigenvalue weighted by molar-refractivity contribution is 6.33. The summed E-state index contributed by atoms with van der Waals surface area (Å²) in [6.45, 7) is 0. The first-order chi connectivity index (χ1) is 12.5. The molecule has 1 amide bonds. The van der Waals surface area contributed by atoms with Crippen molar-refractivity contribution in [3.63, 3.8) is 0 Å². The quantitative estimate of drug-likeness (QED) is 0.666. The minimum Gasteiger partial charge on any atom is -0.421 e. The van der Waals surface area contributed by atoms with Crippen LogP contribution in [-0.2, 0) is 11.2 Å². The summed E-state index contributed by atoms with van der Waals surface area (Å²) in [4.78, 5) is 11.9. The molecule has 3 rings (SSSR count). The van der Waals surface area contributed by atoms with E-state index in [4.69, 9.17) is 16.0 Å². The van der Waals surface area contributed by atoms with Gasteiger partial charge in [0.1, 0.15) is 0 Å². The van der Waals surface area contributed by atoms with Gasteiger partial charge < -0.3 is 9.73 Å². The lowest BCUT2D eigenvalue weighted by Crippen LogP contribution is -2.14. The smallest absolute Gasteiger partial charge is 0.249 e. The minimum absolute atomic E-state index is 0.0780. The molecule has 134 valence electrons. The fraction of sp³-hybridized carbons (Fsp3) is 0.118. The van der Waals surface area contributed by atoms with E-state index in [1.54, 1.807) is 24.3 Å². The fourth-order valence-corrected chi connectivity index (χ4v) is 2.37. The number of carbonyl (C=O) groups is 1. The largest absolute Gasteiger partial charge is 0.421 e. The van der Waals surface area contributed by atoms with E-state index in [0.717, 1.165) is 12.1 Å². The minimum atomic E-state index is -1.65. The number of rotatable bonds is 5. The average Bonchev–Trinajstić information content (AvgIpc) is 3.10. The van der Waals surface area contributed by atoms with Crippen LogP contribution in [0, 0.1) is 17.5 Å². The Labute approximate surface area is 150 Å². The number of aromatic nitrogens is 2. The van der Waals surface area contributed by atoms with Crippen LogP contribution in [0.1, 0.15) is 12.3 Å². The number of halogens is 4. The molecule has 0 aliphatic heterocycles. The van der Waals surface area contributed by atoms with Crippen LogP contribution in [-0.4, -0.2) is 16.1 Å². The zero-order valence-corrected chi connectivity index (χ0v) is 13.9. The lowest BCUT2D eigenvalue weighted by Gasteiger charge is -2.06. The Balaban J connectivity index is 1.62. The van der Waals surface area contributed by atoms with Gasteiger partial charge >= 0.3 is 0 Å². The Hall–Kier alpha value is -2.87. The molecular weight excluding hydrogens is 371 g/mol. The first-order valence-corrected chi connectivity index (χ1v) is 7.84. The molecule has 0 fully saturated rings. The Morgan fingerprint density at radius 1 is 1.08 bits per heavy atom. The molecule has 0 unspecified atom stereocenters. The molecule has 9 heteroatoms. The summed E-state index contributed by atoms with van der Waals surface area (Å²) >= 11 is 6.04. The number of anilines is 1. The molecule has 5 nitrogen and oxygen atoms in total. The van der Waals surface area contributed by atoms with E-state index in [-0.39, 0.29) is 24.6 Å². The SMILES string of the molecule is O=C(CCc1nnc(-c2ccccc2Cl)o1)Nc1ccc(F)c(F)c1F. The molecule has 0 aliphatic carbocycles. The maximum Gasteiger partial charge on any atom is 0.249 e. The number of aryl methyl sites for hydroxylation is 1. The highest BCUT2D eigenvalue weighted by Gasteiger charge is 2.16. The average molecular weight is 382 g/mol. The van der Waals surface area contributed by atoms with E-state index in [2.05, 4.69) is 15.5 Å². The van der Waals surface area contributed by atoms with E-state index in [0.29, 0.717) is 10.6 Å². The molecule has 1 N–H and O–H groups in total. The van der Waals surface area contributed by atoms with E-state index in [1.165, 1.54) is 0 Å². The maximum atomic E-state index is 13.5. The third-order valence-corrected chi connectivity index (χ3v) is 3.78. The van der Waals surface area contributed by atoms with Crippen molar-refractivity contribution in [1.82, 2.24) is 10.2 Å². The Kier molecular flexibility index (Phi) is 5.22. The van der Waals surface area contributed by atoms with Crippen molar-refractivity contribution < 1.29 is 22.4 Å². The molecule has 0 atom stereocenters. The van der Waals surface area contributed by atoms with Gasteiger partial charge in [0.25, 0.3) is 0 Å². The number of hydrogen-bond acceptors (Lipinski definition) is 4. The molecule has 0 bridgehead atoms. The molecule has 1 aromatic heterocycles. The molecule has 0 saturated carbocycles. The van der Waals surface area contributed by atoms with Gasteiger partial charge in [-0.1, -0.05) is 23.7 Å². The first kappa shape index (κ1) is 17.9. The first-order valence-electron chi connectivity index (χ1n) is 7.46. The van der Waals surface area contributed by atoms with Crippen molar-refractivity contribution >= 4 is 23.2 Å². The van der Waals surface area contributed by atoms with Crippen LogP contribution in [0.4, 0.5) is 18.9 Å². The van der Waals surface area contributed by atoms with E-state index in [9.17, 15) is 18.0 Å². The van der Waals surface area contributed by atoms with Crippen LogP contribution < -0.4 is 5.32 Å². The van der Waals surface area contributed by atoms with Crippen molar-refractivity contribution in [2.24, 2.45) is 0 Å². The number of nitrogens with zero attached hydrogens (tertiary/aromatic N) is 2. The predicted octanol–water partition coefficient (Wildman–Crippen LogP) is 4.38. The van der Waals surface area contributed by atoms with Gasteiger partial charge in [0.05, 0.1) is 16.3 Å². The lowest BCUT2D eigenvalue weighted by molar-refractivity contribution is -0.116. The summed E-state index contributed by atoms with van der Waals surface area (Å²) in [5.41, 5.74) is 0.109. The van der Waals surface area contributed by atoms with Gasteiger partial charge in [-0.05, 0) is 24.3 Å². The van der Waals surface area contributed by atoms with Crippen molar-refractivity contribution in [3.05, 3.63) is 64.8 Å². The van der Waals surface area contributed by atoms with Crippen LogP contribution in [0.15, 0.2) is 40.8 Å². The summed E-state index contributed by atoms with van der Waals surface area (Å²) in [5.74, 6) is -4.68. The third-order valence-electron chi connectivity index (χ3n) is 3.45. The highest BCUT2D eigenvalue weighted by Crippen LogP contribution is 2.26. The van der Waals surface area contributed by atoms with Crippen LogP contribution in [0.5, 0.6) is 0 Å². The van der Waals surface area contributed by atoms with Gasteiger partial charge in [0.15, 0.2) is 17.5 Å². The molecule has 0 radical (unpaired) electrons. The van der Waals surface area contributed by atoms with E-state index >= 15 is 0 Å². The van der Waals surface area contributed by atoms with Crippen molar-refractivity contribution in [3.8, 4) is 11.5 Å². The van der Waals surface area contributed by atoms with Gasteiger partial charge in [-0.2, -0.15) is 0 Å². The number of amides is 1. The van der Waals surface area contributed by atoms with Crippen molar-refractivity contribution in [2.75, 3.05) is 5.32 Å². The fourth-order valence-electron chi connectivity index (χ4n) is 2.15. The second kappa shape index (κ2) is 7.57. The number of nitrogens with one attached hydrogen (secondary N) is 1. The number of hydrogen-bond donors (Lipinski definition) is 1. The number of carbonyl (C=O) groups excluding carboxylic acids is 1. The van der Waals surface area contributed by atoms with Crippen LogP contribution in [0.25, 0.3) is 11.5 Å². The highest BCUT2D eigenvalue weighted by atomic mass is 35.5. The van der Waals surface area contributed by atoms with Crippen molar-refractivity contribution in [1.29, 1.82) is 0 Å². The van der Waals surface area contributed by atoms with Gasteiger partial charge in [-0.25, -0.2) is 13.2 Å². The number of benzene rings is 2. The molecule has 2 aromatic carbocycles. The zero-order chi connectivity index (χ0) is 18.7. The summed E-state index contributed by atoms with van der Waals surface area (Å²) in [5, 5.41) is 10.3. The Morgan fingerprint density at radius 2 is 1.85 bits per heavy atom. The van der Waals surface area contributed by atoms with E-state index in [1.807, 2.05) is 0 Å². The Morgan fingerprint density at radius 3 is 2.62 bits per heavy atom. The normalized spacial score (nSPS) is 10.8. The summed E-state index contributed by atoms with van der Waals surface area (Å²) in [6.07, 6.45) is -0.0445. The molecule has 26 heavy (non-hydrogen) atoms. The van der Waals surface area contributed by atoms with Gasteiger partial charge in [-0.15, -0.1) is 10.2 Å². The second-order valence-corrected chi connectivity index (χ2v) is 5.66. The summed E-state index contributed by atoms with van der Waals surface area (Å²) in [7, 11) is 0. The predicted molar refractivity (Wildman–Crippen MR) is 88.0 cm³/mol. The summed E-state index contributed by atoms with van der Waals surface area (Å²) in [6, 6.07) is 8.55. The second-order valence-electron chi connectivity index (χ2n) is 5.25. The van der Waals surface area contributed by atoms with Crippen LogP contribution in [0.2, 0.25) is 5.02 Å². The topological polar surface area (TPSA) is 68.0 Å². The molecule has 0 saturated heterocycles. The Bertz CT molecular complexity index is 962. The van der Waals surface area contributed by atoms with Crippen molar-refractivity contribution in [2.45, 2.75) is 12.8 Å². The lowest BCUT2D eigenvalue weighted by atomic mass is 10.2. The molecular formula is C17H11ClF3N3O2. The van der Waals surface area contributed by atoms with Gasteiger partial charge in [0.2, 0.25) is 17.7 Å². The van der Waals surface area contributed by atoms with Gasteiger partial charge in [-0.3, -0.25) is 4.79 Å². The standard InChI is InChI=1S/C17H11ClF3N3O2/c18-10-4-2-1-3-9(10)17-24-23-14(26-17)8-7-13(25)22-12-6-5-11(19)15(20)16(12)21/h1-6H,7-8H2,(H,22,25). The summed E-state index contributed by atoms with van der Waals surface area (Å²) < 4.78 is 45.0. The third kappa shape index (κ3) is 3.85. The van der Waals surface area contributed by atoms with Crippen LogP contribution in [0.3, 0.4) is 0 Å². The molecule has 0 spiro atoms. The molecule has 0 aliphatic rings.